The molecule has 1 aromatic rings. The Morgan fingerprint density at radius 1 is 1.20 bits per heavy atom. The summed E-state index contributed by atoms with van der Waals surface area (Å²) in [6.45, 7) is 3.78. The van der Waals surface area contributed by atoms with Crippen LogP contribution < -0.4 is 10.2 Å². The van der Waals surface area contributed by atoms with E-state index in [9.17, 15) is 9.59 Å². The number of aromatic nitrogens is 1. The average Bonchev–Trinajstić information content (AvgIpc) is 2.39. The smallest absolute Gasteiger partial charge is 0.227 e. The Kier molecular flexibility index (Phi) is 3.20. The van der Waals surface area contributed by atoms with Crippen molar-refractivity contribution in [1.29, 1.82) is 0 Å². The highest BCUT2D eigenvalue weighted by atomic mass is 16.2. The van der Waals surface area contributed by atoms with Crippen LogP contribution in [0.25, 0.3) is 0 Å². The van der Waals surface area contributed by atoms with Crippen molar-refractivity contribution in [3.05, 3.63) is 23.9 Å². The van der Waals surface area contributed by atoms with Gasteiger partial charge in [-0.05, 0) is 36.8 Å². The van der Waals surface area contributed by atoms with Gasteiger partial charge in [-0.3, -0.25) is 14.9 Å². The number of carbonyl (C=O) groups excluding carboxylic acids is 2. The van der Waals surface area contributed by atoms with Crippen molar-refractivity contribution in [3.63, 3.8) is 0 Å². The van der Waals surface area contributed by atoms with Crippen LogP contribution in [0.2, 0.25) is 0 Å². The molecule has 0 aliphatic carbocycles. The van der Waals surface area contributed by atoms with Gasteiger partial charge in [-0.2, -0.15) is 0 Å². The predicted molar refractivity (Wildman–Crippen MR) is 75.2 cm³/mol. The Labute approximate surface area is 118 Å². The molecule has 0 radical (unpaired) electrons. The minimum Gasteiger partial charge on any atom is -0.356 e. The number of pyridine rings is 1. The molecular weight excluding hydrogens is 254 g/mol. The van der Waals surface area contributed by atoms with Crippen molar-refractivity contribution in [2.45, 2.75) is 32.6 Å². The van der Waals surface area contributed by atoms with Crippen LogP contribution in [0.4, 0.5) is 5.82 Å². The summed E-state index contributed by atoms with van der Waals surface area (Å²) >= 11 is 0. The maximum Gasteiger partial charge on any atom is 0.227 e. The summed E-state index contributed by atoms with van der Waals surface area (Å²) in [6.07, 6.45) is 4.52. The number of hydrogen-bond donors (Lipinski definition) is 1. The maximum atomic E-state index is 11.6. The van der Waals surface area contributed by atoms with Crippen molar-refractivity contribution >= 4 is 17.6 Å². The van der Waals surface area contributed by atoms with Gasteiger partial charge in [0.05, 0.1) is 0 Å². The minimum absolute atomic E-state index is 0.122. The van der Waals surface area contributed by atoms with Gasteiger partial charge in [0.2, 0.25) is 11.8 Å². The van der Waals surface area contributed by atoms with E-state index in [4.69, 9.17) is 0 Å². The van der Waals surface area contributed by atoms with Crippen LogP contribution in [-0.2, 0) is 9.59 Å². The third-order valence-corrected chi connectivity index (χ3v) is 4.46. The van der Waals surface area contributed by atoms with Gasteiger partial charge in [0.1, 0.15) is 5.82 Å². The van der Waals surface area contributed by atoms with Crippen molar-refractivity contribution in [3.8, 4) is 0 Å². The fraction of sp³-hybridized carbons (Fsp3) is 0.533. The summed E-state index contributed by atoms with van der Waals surface area (Å²) in [6, 6.07) is 4.00. The number of amides is 2. The zero-order chi connectivity index (χ0) is 14.2. The topological polar surface area (TPSA) is 62.3 Å². The Morgan fingerprint density at radius 3 is 2.45 bits per heavy atom. The number of hydrogen-bond acceptors (Lipinski definition) is 4. The molecule has 0 unspecified atom stereocenters. The Morgan fingerprint density at radius 2 is 1.85 bits per heavy atom. The Balaban J connectivity index is 1.72. The van der Waals surface area contributed by atoms with E-state index in [-0.39, 0.29) is 17.2 Å². The van der Waals surface area contributed by atoms with Crippen molar-refractivity contribution in [2.24, 2.45) is 5.41 Å². The maximum absolute atomic E-state index is 11.6. The quantitative estimate of drug-likeness (QED) is 0.786. The van der Waals surface area contributed by atoms with Crippen LogP contribution in [0, 0.1) is 12.3 Å². The predicted octanol–water partition coefficient (Wildman–Crippen LogP) is 1.41. The van der Waals surface area contributed by atoms with Crippen LogP contribution in [0.3, 0.4) is 0 Å². The van der Waals surface area contributed by atoms with Crippen molar-refractivity contribution < 1.29 is 9.59 Å². The van der Waals surface area contributed by atoms with E-state index in [1.807, 2.05) is 12.3 Å². The van der Waals surface area contributed by atoms with Gasteiger partial charge in [-0.15, -0.1) is 0 Å². The molecule has 1 N–H and O–H groups in total. The fourth-order valence-electron chi connectivity index (χ4n) is 3.34. The molecule has 0 bridgehead atoms. The molecule has 20 heavy (non-hydrogen) atoms. The average molecular weight is 273 g/mol. The number of piperidine rings is 2. The molecule has 3 rings (SSSR count). The van der Waals surface area contributed by atoms with E-state index < -0.39 is 0 Å². The summed E-state index contributed by atoms with van der Waals surface area (Å²) in [7, 11) is 0. The highest BCUT2D eigenvalue weighted by molar-refractivity contribution is 5.98. The fourth-order valence-corrected chi connectivity index (χ4v) is 3.34. The van der Waals surface area contributed by atoms with Gasteiger partial charge >= 0.3 is 0 Å². The first-order valence-corrected chi connectivity index (χ1v) is 7.07. The largest absolute Gasteiger partial charge is 0.356 e. The van der Waals surface area contributed by atoms with Gasteiger partial charge in [0, 0.05) is 32.1 Å². The van der Waals surface area contributed by atoms with Crippen LogP contribution in [-0.4, -0.2) is 29.9 Å². The third-order valence-electron chi connectivity index (χ3n) is 4.46. The van der Waals surface area contributed by atoms with Crippen molar-refractivity contribution in [1.82, 2.24) is 10.3 Å². The molecule has 5 nitrogen and oxygen atoms in total. The molecule has 2 aliphatic heterocycles. The van der Waals surface area contributed by atoms with E-state index in [2.05, 4.69) is 28.2 Å². The summed E-state index contributed by atoms with van der Waals surface area (Å²) in [5.41, 5.74) is 1.04. The second-order valence-corrected chi connectivity index (χ2v) is 5.96. The van der Waals surface area contributed by atoms with Gasteiger partial charge in [-0.25, -0.2) is 4.98 Å². The molecule has 5 heteroatoms. The summed E-state index contributed by atoms with van der Waals surface area (Å²) in [4.78, 5) is 29.9. The molecule has 1 aromatic heterocycles. The number of aryl methyl sites for hydroxylation is 1. The zero-order valence-corrected chi connectivity index (χ0v) is 11.7. The monoisotopic (exact) mass is 273 g/mol. The van der Waals surface area contributed by atoms with E-state index in [0.29, 0.717) is 12.8 Å². The van der Waals surface area contributed by atoms with Crippen LogP contribution in [0.5, 0.6) is 0 Å². The molecule has 3 heterocycles. The lowest BCUT2D eigenvalue weighted by molar-refractivity contribution is -0.138. The molecule has 0 saturated carbocycles. The minimum atomic E-state index is -0.126. The Bertz CT molecular complexity index is 530. The lowest BCUT2D eigenvalue weighted by atomic mass is 9.71. The lowest BCUT2D eigenvalue weighted by Crippen LogP contribution is -2.50. The first-order valence-electron chi connectivity index (χ1n) is 7.07. The van der Waals surface area contributed by atoms with Crippen LogP contribution in [0.15, 0.2) is 18.3 Å². The number of nitrogens with one attached hydrogen (secondary N) is 1. The normalized spacial score (nSPS) is 21.9. The lowest BCUT2D eigenvalue weighted by Gasteiger charge is -2.43. The summed E-state index contributed by atoms with van der Waals surface area (Å²) in [5, 5.41) is 2.40. The summed E-state index contributed by atoms with van der Waals surface area (Å²) < 4.78 is 0. The molecule has 0 atom stereocenters. The van der Waals surface area contributed by atoms with E-state index in [1.165, 1.54) is 5.56 Å². The van der Waals surface area contributed by atoms with Gasteiger partial charge in [0.15, 0.2) is 0 Å². The number of carbonyl (C=O) groups is 2. The number of imide groups is 1. The number of rotatable bonds is 1. The number of anilines is 1. The third kappa shape index (κ3) is 2.40. The van der Waals surface area contributed by atoms with Gasteiger partial charge < -0.3 is 4.90 Å². The molecule has 2 amide bonds. The van der Waals surface area contributed by atoms with E-state index in [1.54, 1.807) is 0 Å². The highest BCUT2D eigenvalue weighted by Crippen LogP contribution is 2.41. The molecule has 0 aromatic carbocycles. The second kappa shape index (κ2) is 4.89. The first kappa shape index (κ1) is 13.1. The van der Waals surface area contributed by atoms with Gasteiger partial charge in [-0.1, -0.05) is 6.07 Å². The molecule has 1 spiro atoms. The van der Waals surface area contributed by atoms with Gasteiger partial charge in [0.25, 0.3) is 0 Å². The number of nitrogens with zero attached hydrogens (tertiary/aromatic N) is 2. The Hall–Kier alpha value is -1.91. The molecule has 2 saturated heterocycles. The van der Waals surface area contributed by atoms with Crippen LogP contribution >= 0.6 is 0 Å². The SMILES string of the molecule is Cc1cccnc1N1CCC2(CC1)CC(=O)NC(=O)C2. The molecule has 2 fully saturated rings. The highest BCUT2D eigenvalue weighted by Gasteiger charge is 2.42. The summed E-state index contributed by atoms with van der Waals surface area (Å²) in [5.74, 6) is 0.779. The molecule has 2 aliphatic rings. The molecule has 106 valence electrons. The zero-order valence-electron chi connectivity index (χ0n) is 11.7. The van der Waals surface area contributed by atoms with Crippen LogP contribution in [0.1, 0.15) is 31.2 Å². The van der Waals surface area contributed by atoms with E-state index >= 15 is 0 Å². The first-order chi connectivity index (χ1) is 9.58. The standard InChI is InChI=1S/C15H19N3O2/c1-11-3-2-6-16-14(11)18-7-4-15(5-8-18)9-12(19)17-13(20)10-15/h2-3,6H,4-5,7-10H2,1H3,(H,17,19,20). The van der Waals surface area contributed by atoms with E-state index in [0.717, 1.165) is 31.7 Å². The molecular formula is C15H19N3O2. The van der Waals surface area contributed by atoms with Crippen molar-refractivity contribution in [2.75, 3.05) is 18.0 Å². The second-order valence-electron chi connectivity index (χ2n) is 5.96.